The van der Waals surface area contributed by atoms with Gasteiger partial charge in [-0.15, -0.1) is 11.3 Å². The second-order valence-electron chi connectivity index (χ2n) is 4.10. The van der Waals surface area contributed by atoms with E-state index in [1.807, 2.05) is 20.0 Å². The van der Waals surface area contributed by atoms with Crippen molar-refractivity contribution in [3.8, 4) is 10.6 Å². The maximum atomic E-state index is 13.9. The van der Waals surface area contributed by atoms with Crippen molar-refractivity contribution in [1.29, 1.82) is 0 Å². The minimum absolute atomic E-state index is 0.231. The van der Waals surface area contributed by atoms with Crippen LogP contribution in [-0.4, -0.2) is 12.0 Å². The van der Waals surface area contributed by atoms with Crippen molar-refractivity contribution in [2.24, 2.45) is 0 Å². The molecule has 1 heterocycles. The standard InChI is InChI=1S/C13H14BrFN2S/c1-7(16-3)12-8(2)17-13(18-12)10-5-4-9(14)6-11(10)15/h4-7,16H,1-3H3. The molecule has 1 unspecified atom stereocenters. The Morgan fingerprint density at radius 1 is 1.44 bits per heavy atom. The Morgan fingerprint density at radius 3 is 2.78 bits per heavy atom. The Balaban J connectivity index is 2.45. The van der Waals surface area contributed by atoms with E-state index in [0.717, 1.165) is 20.1 Å². The molecule has 1 aromatic carbocycles. The zero-order valence-electron chi connectivity index (χ0n) is 10.4. The Bertz CT molecular complexity index is 568. The van der Waals surface area contributed by atoms with E-state index in [9.17, 15) is 4.39 Å². The van der Waals surface area contributed by atoms with Gasteiger partial charge in [0.25, 0.3) is 0 Å². The largest absolute Gasteiger partial charge is 0.312 e. The summed E-state index contributed by atoms with van der Waals surface area (Å²) in [6, 6.07) is 5.28. The zero-order valence-corrected chi connectivity index (χ0v) is 12.8. The summed E-state index contributed by atoms with van der Waals surface area (Å²) in [5.74, 6) is -0.248. The molecule has 0 saturated heterocycles. The van der Waals surface area contributed by atoms with Gasteiger partial charge < -0.3 is 5.32 Å². The molecule has 0 aliphatic heterocycles. The maximum Gasteiger partial charge on any atom is 0.134 e. The Morgan fingerprint density at radius 2 is 2.17 bits per heavy atom. The predicted molar refractivity (Wildman–Crippen MR) is 77.4 cm³/mol. The van der Waals surface area contributed by atoms with E-state index in [2.05, 4.69) is 33.2 Å². The Kier molecular flexibility index (Phi) is 4.14. The number of hydrogen-bond acceptors (Lipinski definition) is 3. The molecule has 5 heteroatoms. The first-order chi connectivity index (χ1) is 8.52. The lowest BCUT2D eigenvalue weighted by atomic mass is 10.2. The summed E-state index contributed by atoms with van der Waals surface area (Å²) in [5, 5.41) is 3.91. The van der Waals surface area contributed by atoms with Crippen LogP contribution >= 0.6 is 27.3 Å². The molecule has 0 fully saturated rings. The van der Waals surface area contributed by atoms with Gasteiger partial charge in [0, 0.05) is 21.0 Å². The molecule has 2 nitrogen and oxygen atoms in total. The van der Waals surface area contributed by atoms with Gasteiger partial charge in [-0.2, -0.15) is 0 Å². The quantitative estimate of drug-likeness (QED) is 0.908. The molecule has 0 bridgehead atoms. The molecular weight excluding hydrogens is 315 g/mol. The first kappa shape index (κ1) is 13.6. The predicted octanol–water partition coefficient (Wildman–Crippen LogP) is 4.30. The number of hydrogen-bond donors (Lipinski definition) is 1. The smallest absolute Gasteiger partial charge is 0.134 e. The van der Waals surface area contributed by atoms with Gasteiger partial charge >= 0.3 is 0 Å². The minimum atomic E-state index is -0.248. The number of nitrogens with zero attached hydrogens (tertiary/aromatic N) is 1. The first-order valence-electron chi connectivity index (χ1n) is 5.63. The van der Waals surface area contributed by atoms with Gasteiger partial charge in [-0.25, -0.2) is 9.37 Å². The van der Waals surface area contributed by atoms with Crippen LogP contribution in [0.25, 0.3) is 10.6 Å². The summed E-state index contributed by atoms with van der Waals surface area (Å²) < 4.78 is 14.6. The molecule has 1 atom stereocenters. The van der Waals surface area contributed by atoms with E-state index < -0.39 is 0 Å². The van der Waals surface area contributed by atoms with Crippen LogP contribution in [0.2, 0.25) is 0 Å². The molecule has 0 saturated carbocycles. The fourth-order valence-corrected chi connectivity index (χ4v) is 3.21. The van der Waals surface area contributed by atoms with Crippen LogP contribution in [0.1, 0.15) is 23.5 Å². The van der Waals surface area contributed by atoms with Gasteiger partial charge in [-0.3, -0.25) is 0 Å². The summed E-state index contributed by atoms with van der Waals surface area (Å²) in [6.07, 6.45) is 0. The summed E-state index contributed by atoms with van der Waals surface area (Å²) in [5.41, 5.74) is 1.51. The average molecular weight is 329 g/mol. The Hall–Kier alpha value is -0.780. The fraction of sp³-hybridized carbons (Fsp3) is 0.308. The maximum absolute atomic E-state index is 13.9. The molecule has 2 aromatic rings. The lowest BCUT2D eigenvalue weighted by Crippen LogP contribution is -2.11. The van der Waals surface area contributed by atoms with Crippen LogP contribution in [0.5, 0.6) is 0 Å². The number of rotatable bonds is 3. The normalized spacial score (nSPS) is 12.7. The van der Waals surface area contributed by atoms with Crippen LogP contribution < -0.4 is 5.32 Å². The number of aromatic nitrogens is 1. The van der Waals surface area contributed by atoms with Crippen LogP contribution in [0.15, 0.2) is 22.7 Å². The molecular formula is C13H14BrFN2S. The van der Waals surface area contributed by atoms with E-state index in [1.165, 1.54) is 17.4 Å². The third-order valence-corrected chi connectivity index (χ3v) is 4.69. The molecule has 0 spiro atoms. The molecule has 0 aliphatic rings. The van der Waals surface area contributed by atoms with Crippen molar-refractivity contribution in [1.82, 2.24) is 10.3 Å². The van der Waals surface area contributed by atoms with Crippen molar-refractivity contribution >= 4 is 27.3 Å². The topological polar surface area (TPSA) is 24.9 Å². The van der Waals surface area contributed by atoms with Crippen molar-refractivity contribution in [3.05, 3.63) is 39.1 Å². The van der Waals surface area contributed by atoms with Gasteiger partial charge in [-0.1, -0.05) is 15.9 Å². The number of benzene rings is 1. The number of nitrogens with one attached hydrogen (secondary N) is 1. The second kappa shape index (κ2) is 5.47. The molecule has 96 valence electrons. The highest BCUT2D eigenvalue weighted by molar-refractivity contribution is 9.10. The first-order valence-corrected chi connectivity index (χ1v) is 7.24. The minimum Gasteiger partial charge on any atom is -0.312 e. The summed E-state index contributed by atoms with van der Waals surface area (Å²) in [7, 11) is 1.91. The number of halogens is 2. The SMILES string of the molecule is CNC(C)c1sc(-c2ccc(Br)cc2F)nc1C. The average Bonchev–Trinajstić information content (AvgIpc) is 2.70. The number of aryl methyl sites for hydroxylation is 1. The van der Waals surface area contributed by atoms with E-state index in [0.29, 0.717) is 5.56 Å². The van der Waals surface area contributed by atoms with Crippen molar-refractivity contribution in [2.75, 3.05) is 7.05 Å². The van der Waals surface area contributed by atoms with E-state index in [4.69, 9.17) is 0 Å². The van der Waals surface area contributed by atoms with Gasteiger partial charge in [0.15, 0.2) is 0 Å². The van der Waals surface area contributed by atoms with Gasteiger partial charge in [-0.05, 0) is 39.1 Å². The highest BCUT2D eigenvalue weighted by Gasteiger charge is 2.16. The lowest BCUT2D eigenvalue weighted by molar-refractivity contribution is 0.630. The second-order valence-corrected chi connectivity index (χ2v) is 6.05. The van der Waals surface area contributed by atoms with Crippen LogP contribution in [-0.2, 0) is 0 Å². The van der Waals surface area contributed by atoms with Crippen LogP contribution in [0, 0.1) is 12.7 Å². The van der Waals surface area contributed by atoms with Crippen LogP contribution in [0.3, 0.4) is 0 Å². The zero-order chi connectivity index (χ0) is 13.3. The highest BCUT2D eigenvalue weighted by atomic mass is 79.9. The van der Waals surface area contributed by atoms with Crippen molar-refractivity contribution in [2.45, 2.75) is 19.9 Å². The Labute approximate surface area is 118 Å². The van der Waals surface area contributed by atoms with Gasteiger partial charge in [0.05, 0.1) is 5.69 Å². The van der Waals surface area contributed by atoms with Crippen molar-refractivity contribution in [3.63, 3.8) is 0 Å². The monoisotopic (exact) mass is 328 g/mol. The fourth-order valence-electron chi connectivity index (χ4n) is 1.72. The van der Waals surface area contributed by atoms with Crippen LogP contribution in [0.4, 0.5) is 4.39 Å². The summed E-state index contributed by atoms with van der Waals surface area (Å²) >= 11 is 4.79. The highest BCUT2D eigenvalue weighted by Crippen LogP contribution is 2.33. The molecule has 2 rings (SSSR count). The van der Waals surface area contributed by atoms with Gasteiger partial charge in [0.1, 0.15) is 10.8 Å². The van der Waals surface area contributed by atoms with E-state index in [1.54, 1.807) is 6.07 Å². The third-order valence-electron chi connectivity index (χ3n) is 2.82. The summed E-state index contributed by atoms with van der Waals surface area (Å²) in [4.78, 5) is 5.61. The molecule has 18 heavy (non-hydrogen) atoms. The lowest BCUT2D eigenvalue weighted by Gasteiger charge is -2.07. The van der Waals surface area contributed by atoms with E-state index >= 15 is 0 Å². The molecule has 1 aromatic heterocycles. The molecule has 0 aliphatic carbocycles. The molecule has 1 N–H and O–H groups in total. The van der Waals surface area contributed by atoms with Gasteiger partial charge in [0.2, 0.25) is 0 Å². The van der Waals surface area contributed by atoms with Crippen molar-refractivity contribution < 1.29 is 4.39 Å². The third kappa shape index (κ3) is 2.63. The molecule has 0 amide bonds. The molecule has 0 radical (unpaired) electrons. The van der Waals surface area contributed by atoms with E-state index in [-0.39, 0.29) is 11.9 Å². The summed E-state index contributed by atoms with van der Waals surface area (Å²) in [6.45, 7) is 4.03. The number of thiazole rings is 1.